The van der Waals surface area contributed by atoms with Crippen molar-refractivity contribution in [2.24, 2.45) is 0 Å². The molecule has 0 aliphatic heterocycles. The van der Waals surface area contributed by atoms with Gasteiger partial charge in [-0.05, 0) is 0 Å². The van der Waals surface area contributed by atoms with Crippen LogP contribution in [0.25, 0.3) is 0 Å². The predicted molar refractivity (Wildman–Crippen MR) is 69.2 cm³/mol. The van der Waals surface area contributed by atoms with E-state index in [1.54, 1.807) is 0 Å². The molecule has 1 aromatic heterocycles. The Kier molecular flexibility index (Phi) is 4.60. The Morgan fingerprint density at radius 2 is 1.95 bits per heavy atom. The number of nitro groups is 1. The Bertz CT molecular complexity index is 470. The molecule has 0 saturated heterocycles. The molecular weight excluding hydrogens is 252 g/mol. The quantitative estimate of drug-likeness (QED) is 0.487. The van der Waals surface area contributed by atoms with Crippen LogP contribution < -0.4 is 10.5 Å². The van der Waals surface area contributed by atoms with Crippen LogP contribution in [-0.2, 0) is 10.2 Å². The fraction of sp³-hybridized carbons (Fsp3) is 0.636. The largest absolute Gasteiger partial charge is 0.470 e. The molecule has 0 amide bonds. The lowest BCUT2D eigenvalue weighted by molar-refractivity contribution is -0.385. The van der Waals surface area contributed by atoms with Gasteiger partial charge < -0.3 is 15.2 Å². The minimum Gasteiger partial charge on any atom is -0.470 e. The van der Waals surface area contributed by atoms with Crippen molar-refractivity contribution in [3.8, 4) is 5.88 Å². The maximum atomic E-state index is 11.0. The number of anilines is 1. The molecule has 0 aliphatic rings. The zero-order chi connectivity index (χ0) is 14.6. The molecule has 1 heterocycles. The molecule has 2 N–H and O–H groups in total. The van der Waals surface area contributed by atoms with Gasteiger partial charge in [-0.3, -0.25) is 10.1 Å². The summed E-state index contributed by atoms with van der Waals surface area (Å²) in [5.74, 6) is 0.0693. The fourth-order valence-corrected chi connectivity index (χ4v) is 1.28. The topological polar surface area (TPSA) is 113 Å². The minimum absolute atomic E-state index is 0.125. The van der Waals surface area contributed by atoms with Gasteiger partial charge in [0.15, 0.2) is 0 Å². The third-order valence-corrected chi connectivity index (χ3v) is 2.26. The van der Waals surface area contributed by atoms with Crippen LogP contribution in [0.3, 0.4) is 0 Å². The second-order valence-corrected chi connectivity index (χ2v) is 4.93. The molecule has 0 bridgehead atoms. The van der Waals surface area contributed by atoms with Crippen molar-refractivity contribution >= 4 is 11.5 Å². The van der Waals surface area contributed by atoms with E-state index < -0.39 is 10.6 Å². The number of aromatic nitrogens is 2. The van der Waals surface area contributed by atoms with E-state index in [0.717, 1.165) is 0 Å². The Labute approximate surface area is 111 Å². The highest BCUT2D eigenvalue weighted by molar-refractivity contribution is 5.59. The lowest BCUT2D eigenvalue weighted by atomic mass is 9.96. The van der Waals surface area contributed by atoms with Gasteiger partial charge in [-0.1, -0.05) is 20.8 Å². The van der Waals surface area contributed by atoms with Crippen LogP contribution in [-0.4, -0.2) is 35.2 Å². The Balaban J connectivity index is 3.21. The van der Waals surface area contributed by atoms with Gasteiger partial charge in [-0.15, -0.1) is 0 Å². The van der Waals surface area contributed by atoms with Gasteiger partial charge in [0.05, 0.1) is 11.5 Å². The molecule has 0 saturated carbocycles. The molecule has 0 unspecified atom stereocenters. The van der Waals surface area contributed by atoms with Crippen molar-refractivity contribution < 1.29 is 14.4 Å². The number of ether oxygens (including phenoxy) is 2. The Morgan fingerprint density at radius 1 is 1.32 bits per heavy atom. The van der Waals surface area contributed by atoms with Crippen molar-refractivity contribution in [2.45, 2.75) is 26.2 Å². The summed E-state index contributed by atoms with van der Waals surface area (Å²) in [6.45, 7) is 6.09. The Hall–Kier alpha value is -1.96. The standard InChI is InChI=1S/C11H18N4O4/c1-11(2,3)10-13-8(12)7(15(16)17)9(14-10)19-6-5-18-4/h5-6H2,1-4H3,(H2,12,13,14). The predicted octanol–water partition coefficient (Wildman–Crippen LogP) is 1.29. The van der Waals surface area contributed by atoms with E-state index in [4.69, 9.17) is 15.2 Å². The van der Waals surface area contributed by atoms with Crippen LogP contribution >= 0.6 is 0 Å². The van der Waals surface area contributed by atoms with Gasteiger partial charge >= 0.3 is 5.69 Å². The summed E-state index contributed by atoms with van der Waals surface area (Å²) in [5, 5.41) is 11.0. The molecule has 8 nitrogen and oxygen atoms in total. The van der Waals surface area contributed by atoms with Crippen molar-refractivity contribution in [3.63, 3.8) is 0 Å². The molecular formula is C11H18N4O4. The van der Waals surface area contributed by atoms with E-state index in [0.29, 0.717) is 12.4 Å². The zero-order valence-electron chi connectivity index (χ0n) is 11.5. The van der Waals surface area contributed by atoms with E-state index in [1.807, 2.05) is 20.8 Å². The number of nitrogens with two attached hydrogens (primary N) is 1. The average Bonchev–Trinajstić information content (AvgIpc) is 2.26. The SMILES string of the molecule is COCCOc1nc(C(C)(C)C)nc(N)c1[N+](=O)[O-]. The van der Waals surface area contributed by atoms with Gasteiger partial charge in [0, 0.05) is 12.5 Å². The number of rotatable bonds is 5. The summed E-state index contributed by atoms with van der Waals surface area (Å²) >= 11 is 0. The summed E-state index contributed by atoms with van der Waals surface area (Å²) in [7, 11) is 1.51. The smallest absolute Gasteiger partial charge is 0.372 e. The van der Waals surface area contributed by atoms with Crippen LogP contribution in [0.4, 0.5) is 11.5 Å². The minimum atomic E-state index is -0.649. The molecule has 1 rings (SSSR count). The average molecular weight is 270 g/mol. The molecule has 19 heavy (non-hydrogen) atoms. The monoisotopic (exact) mass is 270 g/mol. The molecule has 0 fully saturated rings. The highest BCUT2D eigenvalue weighted by Gasteiger charge is 2.28. The van der Waals surface area contributed by atoms with Crippen molar-refractivity contribution in [2.75, 3.05) is 26.1 Å². The van der Waals surface area contributed by atoms with E-state index in [2.05, 4.69) is 9.97 Å². The molecule has 0 aliphatic carbocycles. The lowest BCUT2D eigenvalue weighted by Gasteiger charge is -2.17. The third-order valence-electron chi connectivity index (χ3n) is 2.26. The molecule has 0 aromatic carbocycles. The van der Waals surface area contributed by atoms with Crippen LogP contribution in [0.15, 0.2) is 0 Å². The van der Waals surface area contributed by atoms with E-state index in [-0.39, 0.29) is 23.7 Å². The van der Waals surface area contributed by atoms with Crippen molar-refractivity contribution in [1.29, 1.82) is 0 Å². The Morgan fingerprint density at radius 3 is 2.42 bits per heavy atom. The number of nitrogens with zero attached hydrogens (tertiary/aromatic N) is 3. The van der Waals surface area contributed by atoms with Gasteiger partial charge in [0.25, 0.3) is 5.88 Å². The normalized spacial score (nSPS) is 11.4. The van der Waals surface area contributed by atoms with Gasteiger partial charge in [0.2, 0.25) is 5.82 Å². The molecule has 0 spiro atoms. The van der Waals surface area contributed by atoms with Crippen LogP contribution in [0.1, 0.15) is 26.6 Å². The second kappa shape index (κ2) is 5.79. The summed E-state index contributed by atoms with van der Waals surface area (Å²) in [5.41, 5.74) is 4.82. The molecule has 0 radical (unpaired) electrons. The first-order valence-corrected chi connectivity index (χ1v) is 5.71. The third kappa shape index (κ3) is 3.75. The first kappa shape index (κ1) is 15.1. The zero-order valence-corrected chi connectivity index (χ0v) is 11.5. The summed E-state index contributed by atoms with van der Waals surface area (Å²) < 4.78 is 10.1. The summed E-state index contributed by atoms with van der Waals surface area (Å²) in [4.78, 5) is 18.4. The first-order chi connectivity index (χ1) is 8.77. The number of methoxy groups -OCH3 is 1. The molecule has 1 aromatic rings. The van der Waals surface area contributed by atoms with Gasteiger partial charge in [-0.25, -0.2) is 4.98 Å². The van der Waals surface area contributed by atoms with Crippen LogP contribution in [0.2, 0.25) is 0 Å². The van der Waals surface area contributed by atoms with Crippen LogP contribution in [0, 0.1) is 10.1 Å². The van der Waals surface area contributed by atoms with Gasteiger partial charge in [-0.2, -0.15) is 4.98 Å². The van der Waals surface area contributed by atoms with Crippen molar-refractivity contribution in [1.82, 2.24) is 9.97 Å². The molecule has 0 atom stereocenters. The molecule has 8 heteroatoms. The summed E-state index contributed by atoms with van der Waals surface area (Å²) in [6, 6.07) is 0. The summed E-state index contributed by atoms with van der Waals surface area (Å²) in [6.07, 6.45) is 0. The maximum Gasteiger partial charge on any atom is 0.372 e. The fourth-order valence-electron chi connectivity index (χ4n) is 1.28. The second-order valence-electron chi connectivity index (χ2n) is 4.93. The van der Waals surface area contributed by atoms with E-state index in [9.17, 15) is 10.1 Å². The highest BCUT2D eigenvalue weighted by Crippen LogP contribution is 2.32. The van der Waals surface area contributed by atoms with Crippen molar-refractivity contribution in [3.05, 3.63) is 15.9 Å². The maximum absolute atomic E-state index is 11.0. The van der Waals surface area contributed by atoms with Gasteiger partial charge in [0.1, 0.15) is 12.4 Å². The molecule has 106 valence electrons. The number of nitrogen functional groups attached to an aromatic ring is 1. The lowest BCUT2D eigenvalue weighted by Crippen LogP contribution is -2.19. The number of hydrogen-bond donors (Lipinski definition) is 1. The highest BCUT2D eigenvalue weighted by atomic mass is 16.6. The van der Waals surface area contributed by atoms with Crippen LogP contribution in [0.5, 0.6) is 5.88 Å². The number of hydrogen-bond acceptors (Lipinski definition) is 7. The first-order valence-electron chi connectivity index (χ1n) is 5.71. The van der Waals surface area contributed by atoms with E-state index in [1.165, 1.54) is 7.11 Å². The van der Waals surface area contributed by atoms with E-state index >= 15 is 0 Å².